The van der Waals surface area contributed by atoms with E-state index in [2.05, 4.69) is 20.8 Å². The molecule has 2 N–H and O–H groups in total. The molecule has 0 aromatic carbocycles. The SMILES string of the molecule is CC.CC(=O)NNC=Nc1c(C=O)sc2nccc(N(C)C)c12. The van der Waals surface area contributed by atoms with Crippen molar-refractivity contribution in [3.8, 4) is 0 Å². The van der Waals surface area contributed by atoms with Crippen molar-refractivity contribution in [3.05, 3.63) is 17.1 Å². The summed E-state index contributed by atoms with van der Waals surface area (Å²) in [6.45, 7) is 5.38. The number of aliphatic imine (C=N–C) groups is 1. The smallest absolute Gasteiger partial charge is 0.235 e. The Labute approximate surface area is 139 Å². The van der Waals surface area contributed by atoms with E-state index in [1.54, 1.807) is 6.20 Å². The summed E-state index contributed by atoms with van der Waals surface area (Å²) in [6.07, 6.45) is 3.80. The van der Waals surface area contributed by atoms with E-state index in [-0.39, 0.29) is 5.91 Å². The molecule has 2 aromatic heterocycles. The largest absolute Gasteiger partial charge is 0.377 e. The van der Waals surface area contributed by atoms with Crippen LogP contribution in [-0.4, -0.2) is 37.6 Å². The number of rotatable bonds is 5. The van der Waals surface area contributed by atoms with Crippen LogP contribution in [0.1, 0.15) is 30.4 Å². The van der Waals surface area contributed by atoms with E-state index in [4.69, 9.17) is 0 Å². The van der Waals surface area contributed by atoms with Gasteiger partial charge in [-0.1, -0.05) is 13.8 Å². The highest BCUT2D eigenvalue weighted by Gasteiger charge is 2.16. The number of anilines is 1. The van der Waals surface area contributed by atoms with E-state index in [9.17, 15) is 9.59 Å². The monoisotopic (exact) mass is 335 g/mol. The molecule has 0 spiro atoms. The molecule has 8 heteroatoms. The number of hydrogen-bond donors (Lipinski definition) is 2. The lowest BCUT2D eigenvalue weighted by atomic mass is 10.2. The molecule has 2 aromatic rings. The highest BCUT2D eigenvalue weighted by molar-refractivity contribution is 7.21. The molecule has 0 fully saturated rings. The van der Waals surface area contributed by atoms with Gasteiger partial charge in [0.15, 0.2) is 6.29 Å². The second kappa shape index (κ2) is 8.84. The van der Waals surface area contributed by atoms with E-state index < -0.39 is 0 Å². The van der Waals surface area contributed by atoms with Crippen molar-refractivity contribution < 1.29 is 9.59 Å². The van der Waals surface area contributed by atoms with Gasteiger partial charge < -0.3 is 4.90 Å². The van der Waals surface area contributed by atoms with E-state index in [0.717, 1.165) is 22.2 Å². The average molecular weight is 335 g/mol. The first-order valence-corrected chi connectivity index (χ1v) is 7.95. The van der Waals surface area contributed by atoms with Crippen LogP contribution >= 0.6 is 11.3 Å². The standard InChI is InChI=1S/C13H15N5O2S.C2H6/c1-8(20)17-16-7-15-12-10(6-19)21-13-11(12)9(18(2)3)4-5-14-13;1-2/h4-7H,1-3H3,(H,15,16)(H,17,20);1-2H3. The number of hydrazine groups is 1. The number of pyridine rings is 1. The molecule has 0 atom stereocenters. The molecular weight excluding hydrogens is 314 g/mol. The molecule has 0 aliphatic heterocycles. The summed E-state index contributed by atoms with van der Waals surface area (Å²) in [5.41, 5.74) is 6.40. The van der Waals surface area contributed by atoms with Crippen molar-refractivity contribution in [2.24, 2.45) is 4.99 Å². The summed E-state index contributed by atoms with van der Waals surface area (Å²) < 4.78 is 0. The Balaban J connectivity index is 0.00000127. The number of aromatic nitrogens is 1. The molecule has 2 heterocycles. The first kappa shape index (κ1) is 18.6. The molecule has 0 radical (unpaired) electrons. The van der Waals surface area contributed by atoms with Gasteiger partial charge in [-0.15, -0.1) is 11.3 Å². The fourth-order valence-electron chi connectivity index (χ4n) is 1.82. The molecule has 7 nitrogen and oxygen atoms in total. The summed E-state index contributed by atoms with van der Waals surface area (Å²) in [5.74, 6) is -0.233. The van der Waals surface area contributed by atoms with Gasteiger partial charge in [0.25, 0.3) is 0 Å². The van der Waals surface area contributed by atoms with Crippen molar-refractivity contribution in [2.45, 2.75) is 20.8 Å². The Kier molecular flexibility index (Phi) is 7.14. The lowest BCUT2D eigenvalue weighted by Crippen LogP contribution is -2.34. The Morgan fingerprint density at radius 3 is 2.65 bits per heavy atom. The highest BCUT2D eigenvalue weighted by atomic mass is 32.1. The zero-order valence-corrected chi connectivity index (χ0v) is 14.7. The number of fused-ring (bicyclic) bond motifs is 1. The van der Waals surface area contributed by atoms with Gasteiger partial charge in [-0.2, -0.15) is 0 Å². The zero-order chi connectivity index (χ0) is 17.4. The quantitative estimate of drug-likeness (QED) is 0.379. The van der Waals surface area contributed by atoms with Gasteiger partial charge in [0.05, 0.1) is 21.6 Å². The fraction of sp³-hybridized carbons (Fsp3) is 0.333. The molecule has 0 unspecified atom stereocenters. The van der Waals surface area contributed by atoms with E-state index in [1.165, 1.54) is 24.6 Å². The fourth-order valence-corrected chi connectivity index (χ4v) is 2.74. The second-order valence-corrected chi connectivity index (χ2v) is 5.45. The van der Waals surface area contributed by atoms with Crippen LogP contribution in [0.25, 0.3) is 10.2 Å². The minimum Gasteiger partial charge on any atom is -0.377 e. The average Bonchev–Trinajstić information content (AvgIpc) is 2.91. The predicted octanol–water partition coefficient (Wildman–Crippen LogP) is 2.50. The van der Waals surface area contributed by atoms with Crippen molar-refractivity contribution in [1.82, 2.24) is 15.8 Å². The van der Waals surface area contributed by atoms with E-state index >= 15 is 0 Å². The Bertz CT molecular complexity index is 709. The Morgan fingerprint density at radius 2 is 2.09 bits per heavy atom. The first-order valence-electron chi connectivity index (χ1n) is 7.13. The van der Waals surface area contributed by atoms with Crippen LogP contribution in [0.4, 0.5) is 11.4 Å². The molecule has 124 valence electrons. The maximum atomic E-state index is 11.2. The second-order valence-electron chi connectivity index (χ2n) is 4.42. The number of nitrogens with zero attached hydrogens (tertiary/aromatic N) is 3. The predicted molar refractivity (Wildman–Crippen MR) is 95.8 cm³/mol. The summed E-state index contributed by atoms with van der Waals surface area (Å²) in [7, 11) is 3.83. The van der Waals surface area contributed by atoms with Crippen LogP contribution in [0.15, 0.2) is 17.3 Å². The van der Waals surface area contributed by atoms with Gasteiger partial charge >= 0.3 is 0 Å². The topological polar surface area (TPSA) is 86.7 Å². The number of carbonyl (C=O) groups is 2. The molecule has 0 aliphatic rings. The third kappa shape index (κ3) is 4.49. The van der Waals surface area contributed by atoms with Crippen LogP contribution in [0.5, 0.6) is 0 Å². The first-order chi connectivity index (χ1) is 11.0. The lowest BCUT2D eigenvalue weighted by Gasteiger charge is -2.13. The van der Waals surface area contributed by atoms with Crippen molar-refractivity contribution >= 4 is 51.5 Å². The minimum absolute atomic E-state index is 0.233. The molecule has 0 saturated carbocycles. The number of thiophene rings is 1. The number of aldehydes is 1. The number of carbonyl (C=O) groups excluding carboxylic acids is 2. The maximum Gasteiger partial charge on any atom is 0.235 e. The van der Waals surface area contributed by atoms with E-state index in [1.807, 2.05) is 38.9 Å². The van der Waals surface area contributed by atoms with E-state index in [0.29, 0.717) is 10.6 Å². The van der Waals surface area contributed by atoms with Gasteiger partial charge in [-0.05, 0) is 6.07 Å². The summed E-state index contributed by atoms with van der Waals surface area (Å²) in [4.78, 5) is 33.7. The van der Waals surface area contributed by atoms with Crippen molar-refractivity contribution in [2.75, 3.05) is 19.0 Å². The minimum atomic E-state index is -0.233. The van der Waals surface area contributed by atoms with Gasteiger partial charge in [-0.25, -0.2) is 9.98 Å². The number of hydrogen-bond acceptors (Lipinski definition) is 6. The van der Waals surface area contributed by atoms with Gasteiger partial charge in [0.1, 0.15) is 11.2 Å². The Morgan fingerprint density at radius 1 is 1.39 bits per heavy atom. The molecule has 0 bridgehead atoms. The lowest BCUT2D eigenvalue weighted by molar-refractivity contribution is -0.119. The molecular formula is C15H21N5O2S. The normalized spacial score (nSPS) is 10.1. The highest BCUT2D eigenvalue weighted by Crippen LogP contribution is 2.40. The summed E-state index contributed by atoms with van der Waals surface area (Å²) in [5, 5.41) is 0.815. The maximum absolute atomic E-state index is 11.2. The third-order valence-corrected chi connectivity index (χ3v) is 3.68. The third-order valence-electron chi connectivity index (χ3n) is 2.67. The molecule has 0 saturated heterocycles. The van der Waals surface area contributed by atoms with Crippen molar-refractivity contribution in [1.29, 1.82) is 0 Å². The van der Waals surface area contributed by atoms with Crippen LogP contribution < -0.4 is 15.8 Å². The molecule has 23 heavy (non-hydrogen) atoms. The molecule has 1 amide bonds. The van der Waals surface area contributed by atoms with Crippen LogP contribution in [0.3, 0.4) is 0 Å². The summed E-state index contributed by atoms with van der Waals surface area (Å²) >= 11 is 1.29. The van der Waals surface area contributed by atoms with Crippen LogP contribution in [0.2, 0.25) is 0 Å². The van der Waals surface area contributed by atoms with Crippen LogP contribution in [-0.2, 0) is 4.79 Å². The number of nitrogens with one attached hydrogen (secondary N) is 2. The number of amides is 1. The Hall–Kier alpha value is -2.48. The van der Waals surface area contributed by atoms with Gasteiger partial charge in [-0.3, -0.25) is 20.4 Å². The van der Waals surface area contributed by atoms with Gasteiger partial charge in [0, 0.05) is 27.2 Å². The van der Waals surface area contributed by atoms with Crippen LogP contribution in [0, 0.1) is 0 Å². The van der Waals surface area contributed by atoms with Crippen molar-refractivity contribution in [3.63, 3.8) is 0 Å². The summed E-state index contributed by atoms with van der Waals surface area (Å²) in [6, 6.07) is 1.86. The molecule has 2 rings (SSSR count). The molecule has 0 aliphatic carbocycles. The zero-order valence-electron chi connectivity index (χ0n) is 13.9. The van der Waals surface area contributed by atoms with Gasteiger partial charge in [0.2, 0.25) is 5.91 Å².